The Bertz CT molecular complexity index is 129. The highest BCUT2D eigenvalue weighted by atomic mass is 28.3. The number of rotatable bonds is 4. The van der Waals surface area contributed by atoms with E-state index in [0.717, 1.165) is 6.54 Å². The van der Waals surface area contributed by atoms with Crippen LogP contribution in [0.2, 0.25) is 25.7 Å². The van der Waals surface area contributed by atoms with Gasteiger partial charge in [-0.25, -0.2) is 0 Å². The zero-order chi connectivity index (χ0) is 8.91. The van der Waals surface area contributed by atoms with E-state index >= 15 is 0 Å². The third-order valence-corrected chi connectivity index (χ3v) is 3.37. The molecule has 0 saturated heterocycles. The van der Waals surface area contributed by atoms with E-state index in [1.807, 2.05) is 0 Å². The van der Waals surface area contributed by atoms with Crippen LogP contribution in [-0.4, -0.2) is 20.3 Å². The summed E-state index contributed by atoms with van der Waals surface area (Å²) in [6, 6.07) is 1.41. The summed E-state index contributed by atoms with van der Waals surface area (Å²) in [5.74, 6) is 0. The van der Waals surface area contributed by atoms with E-state index in [1.54, 1.807) is 0 Å². The monoisotopic (exact) mass is 171 g/mol. The first-order valence-electron chi connectivity index (χ1n) is 4.39. The number of hydrogen-bond acceptors (Lipinski definition) is 1. The molecular formula is C9H21NSi. The van der Waals surface area contributed by atoms with E-state index in [2.05, 4.69) is 38.5 Å². The van der Waals surface area contributed by atoms with Crippen molar-refractivity contribution in [3.8, 4) is 0 Å². The molecule has 0 aliphatic carbocycles. The molecular weight excluding hydrogens is 150 g/mol. The molecule has 0 aliphatic rings. The number of hydrogen-bond donors (Lipinski definition) is 0. The van der Waals surface area contributed by atoms with Gasteiger partial charge in [-0.3, -0.25) is 4.99 Å². The third kappa shape index (κ3) is 9.89. The average molecular weight is 171 g/mol. The van der Waals surface area contributed by atoms with Crippen LogP contribution in [0.15, 0.2) is 4.99 Å². The SMILES string of the molecule is CC(C)=NCCC[Si](C)(C)C. The fraction of sp³-hybridized carbons (Fsp3) is 0.889. The van der Waals surface area contributed by atoms with Crippen LogP contribution in [0.1, 0.15) is 20.3 Å². The molecule has 0 aliphatic heterocycles. The Kier molecular flexibility index (Phi) is 4.65. The quantitative estimate of drug-likeness (QED) is 0.350. The van der Waals surface area contributed by atoms with Gasteiger partial charge in [0.1, 0.15) is 0 Å². The zero-order valence-electron chi connectivity index (χ0n) is 8.57. The van der Waals surface area contributed by atoms with Gasteiger partial charge in [-0.15, -0.1) is 0 Å². The molecule has 0 radical (unpaired) electrons. The largest absolute Gasteiger partial charge is 0.295 e. The highest BCUT2D eigenvalue weighted by Gasteiger charge is 2.10. The summed E-state index contributed by atoms with van der Waals surface area (Å²) in [5, 5.41) is 0. The van der Waals surface area contributed by atoms with Gasteiger partial charge in [-0.05, 0) is 20.3 Å². The highest BCUT2D eigenvalue weighted by molar-refractivity contribution is 6.76. The van der Waals surface area contributed by atoms with Crippen molar-refractivity contribution in [2.24, 2.45) is 4.99 Å². The fourth-order valence-electron chi connectivity index (χ4n) is 0.912. The molecule has 0 amide bonds. The first-order chi connectivity index (χ1) is 4.92. The number of aliphatic imine (C=N–C) groups is 1. The van der Waals surface area contributed by atoms with Crippen molar-refractivity contribution in [2.45, 2.75) is 46.0 Å². The molecule has 2 heteroatoms. The van der Waals surface area contributed by atoms with Gasteiger partial charge in [0.2, 0.25) is 0 Å². The standard InChI is InChI=1S/C9H21NSi/c1-9(2)10-7-6-8-11(3,4)5/h6-8H2,1-5H3. The van der Waals surface area contributed by atoms with E-state index in [9.17, 15) is 0 Å². The molecule has 0 fully saturated rings. The van der Waals surface area contributed by atoms with Gasteiger partial charge in [0.25, 0.3) is 0 Å². The van der Waals surface area contributed by atoms with Crippen molar-refractivity contribution in [3.63, 3.8) is 0 Å². The Balaban J connectivity index is 3.36. The van der Waals surface area contributed by atoms with E-state index in [1.165, 1.54) is 18.2 Å². The molecule has 66 valence electrons. The first kappa shape index (κ1) is 10.9. The summed E-state index contributed by atoms with van der Waals surface area (Å²) in [6.45, 7) is 12.4. The summed E-state index contributed by atoms with van der Waals surface area (Å²) in [4.78, 5) is 4.37. The summed E-state index contributed by atoms with van der Waals surface area (Å²) < 4.78 is 0. The van der Waals surface area contributed by atoms with Crippen molar-refractivity contribution >= 4 is 13.8 Å². The predicted octanol–water partition coefficient (Wildman–Crippen LogP) is 3.20. The molecule has 1 nitrogen and oxygen atoms in total. The van der Waals surface area contributed by atoms with Gasteiger partial charge in [0.15, 0.2) is 0 Å². The van der Waals surface area contributed by atoms with E-state index in [0.29, 0.717) is 0 Å². The Hall–Kier alpha value is -0.113. The molecule has 0 bridgehead atoms. The van der Waals surface area contributed by atoms with Crippen LogP contribution in [0.4, 0.5) is 0 Å². The molecule has 0 N–H and O–H groups in total. The van der Waals surface area contributed by atoms with E-state index in [-0.39, 0.29) is 0 Å². The minimum atomic E-state index is -0.798. The molecule has 0 aromatic carbocycles. The molecule has 0 aromatic rings. The normalized spacial score (nSPS) is 11.4. The Morgan fingerprint density at radius 3 is 2.09 bits per heavy atom. The molecule has 0 atom stereocenters. The van der Waals surface area contributed by atoms with Crippen LogP contribution >= 0.6 is 0 Å². The molecule has 0 saturated carbocycles. The maximum absolute atomic E-state index is 4.37. The summed E-state index contributed by atoms with van der Waals surface area (Å²) in [5.41, 5.74) is 1.21. The van der Waals surface area contributed by atoms with Crippen LogP contribution in [0.3, 0.4) is 0 Å². The first-order valence-corrected chi connectivity index (χ1v) is 8.10. The van der Waals surface area contributed by atoms with Crippen LogP contribution in [0, 0.1) is 0 Å². The lowest BCUT2D eigenvalue weighted by Gasteiger charge is -2.13. The second-order valence-electron chi connectivity index (χ2n) is 4.49. The lowest BCUT2D eigenvalue weighted by Crippen LogP contribution is -2.19. The molecule has 11 heavy (non-hydrogen) atoms. The van der Waals surface area contributed by atoms with Crippen LogP contribution in [0.25, 0.3) is 0 Å². The second kappa shape index (κ2) is 4.70. The van der Waals surface area contributed by atoms with Gasteiger partial charge in [-0.1, -0.05) is 25.7 Å². The highest BCUT2D eigenvalue weighted by Crippen LogP contribution is 2.10. The van der Waals surface area contributed by atoms with E-state index < -0.39 is 8.07 Å². The molecule has 0 spiro atoms. The lowest BCUT2D eigenvalue weighted by molar-refractivity contribution is 0.911. The second-order valence-corrected chi connectivity index (χ2v) is 10.1. The summed E-state index contributed by atoms with van der Waals surface area (Å²) in [6.07, 6.45) is 1.28. The van der Waals surface area contributed by atoms with Crippen LogP contribution in [0.5, 0.6) is 0 Å². The van der Waals surface area contributed by atoms with Crippen LogP contribution in [-0.2, 0) is 0 Å². The van der Waals surface area contributed by atoms with Gasteiger partial charge >= 0.3 is 0 Å². The Morgan fingerprint density at radius 1 is 1.18 bits per heavy atom. The zero-order valence-corrected chi connectivity index (χ0v) is 9.57. The minimum Gasteiger partial charge on any atom is -0.295 e. The van der Waals surface area contributed by atoms with Crippen molar-refractivity contribution in [1.29, 1.82) is 0 Å². The molecule has 0 unspecified atom stereocenters. The molecule has 0 rings (SSSR count). The topological polar surface area (TPSA) is 12.4 Å². The summed E-state index contributed by atoms with van der Waals surface area (Å²) in [7, 11) is -0.798. The molecule has 0 aromatic heterocycles. The predicted molar refractivity (Wildman–Crippen MR) is 56.4 cm³/mol. The van der Waals surface area contributed by atoms with Gasteiger partial charge < -0.3 is 0 Å². The van der Waals surface area contributed by atoms with E-state index in [4.69, 9.17) is 0 Å². The Morgan fingerprint density at radius 2 is 1.73 bits per heavy atom. The van der Waals surface area contributed by atoms with Crippen LogP contribution < -0.4 is 0 Å². The Labute approximate surface area is 71.9 Å². The van der Waals surface area contributed by atoms with Crippen molar-refractivity contribution in [1.82, 2.24) is 0 Å². The van der Waals surface area contributed by atoms with Gasteiger partial charge in [-0.2, -0.15) is 0 Å². The third-order valence-electron chi connectivity index (χ3n) is 1.51. The fourth-order valence-corrected chi connectivity index (χ4v) is 2.13. The maximum Gasteiger partial charge on any atom is 0.0443 e. The molecule has 0 heterocycles. The summed E-state index contributed by atoms with van der Waals surface area (Å²) >= 11 is 0. The van der Waals surface area contributed by atoms with Crippen molar-refractivity contribution in [2.75, 3.05) is 6.54 Å². The van der Waals surface area contributed by atoms with Crippen molar-refractivity contribution < 1.29 is 0 Å². The number of nitrogens with zero attached hydrogens (tertiary/aromatic N) is 1. The minimum absolute atomic E-state index is 0.798. The smallest absolute Gasteiger partial charge is 0.0443 e. The van der Waals surface area contributed by atoms with Gasteiger partial charge in [0.05, 0.1) is 0 Å². The van der Waals surface area contributed by atoms with Gasteiger partial charge in [0, 0.05) is 20.3 Å². The maximum atomic E-state index is 4.37. The lowest BCUT2D eigenvalue weighted by atomic mass is 10.4. The average Bonchev–Trinajstić information content (AvgIpc) is 1.78. The van der Waals surface area contributed by atoms with Crippen molar-refractivity contribution in [3.05, 3.63) is 0 Å².